The summed E-state index contributed by atoms with van der Waals surface area (Å²) in [4.78, 5) is 35.8. The maximum atomic E-state index is 12.8. The molecule has 1 N–H and O–H groups in total. The zero-order valence-electron chi connectivity index (χ0n) is 51.0. The van der Waals surface area contributed by atoms with Crippen molar-refractivity contribution in [1.29, 1.82) is 0 Å². The first-order valence-electron chi connectivity index (χ1n) is 32.7. The Bertz CT molecular complexity index is 1380. The van der Waals surface area contributed by atoms with E-state index in [1.54, 1.807) is 0 Å². The number of nitrogens with zero attached hydrogens (tertiary/aromatic N) is 1. The zero-order chi connectivity index (χ0) is 55.6. The Morgan fingerprint density at radius 1 is 0.408 bits per heavy atom. The van der Waals surface area contributed by atoms with Gasteiger partial charge in [-0.15, -0.1) is 0 Å². The highest BCUT2D eigenvalue weighted by Crippen LogP contribution is 2.43. The normalized spacial score (nSPS) is 13.4. The molecular formula is C66H127NO8P+. The van der Waals surface area contributed by atoms with Crippen molar-refractivity contribution >= 4 is 19.8 Å². The summed E-state index contributed by atoms with van der Waals surface area (Å²) in [6, 6.07) is 0. The van der Waals surface area contributed by atoms with Crippen LogP contribution in [-0.2, 0) is 32.7 Å². The van der Waals surface area contributed by atoms with E-state index in [4.69, 9.17) is 18.5 Å². The van der Waals surface area contributed by atoms with Crippen LogP contribution < -0.4 is 0 Å². The van der Waals surface area contributed by atoms with E-state index in [2.05, 4.69) is 50.3 Å². The molecule has 0 saturated heterocycles. The van der Waals surface area contributed by atoms with Crippen LogP contribution in [0.2, 0.25) is 0 Å². The van der Waals surface area contributed by atoms with Gasteiger partial charge in [0.05, 0.1) is 27.7 Å². The van der Waals surface area contributed by atoms with Gasteiger partial charge in [0, 0.05) is 12.8 Å². The van der Waals surface area contributed by atoms with E-state index >= 15 is 0 Å². The first kappa shape index (κ1) is 74.2. The third-order valence-electron chi connectivity index (χ3n) is 14.7. The van der Waals surface area contributed by atoms with Gasteiger partial charge in [-0.2, -0.15) is 0 Å². The molecule has 0 aromatic rings. The lowest BCUT2D eigenvalue weighted by Gasteiger charge is -2.24. The minimum atomic E-state index is -4.38. The lowest BCUT2D eigenvalue weighted by Crippen LogP contribution is -2.37. The van der Waals surface area contributed by atoms with Crippen molar-refractivity contribution in [2.75, 3.05) is 47.5 Å². The van der Waals surface area contributed by atoms with Crippen molar-refractivity contribution in [1.82, 2.24) is 0 Å². The minimum absolute atomic E-state index is 0.0347. The molecule has 76 heavy (non-hydrogen) atoms. The van der Waals surface area contributed by atoms with Crippen molar-refractivity contribution in [2.45, 2.75) is 328 Å². The molecule has 10 heteroatoms. The maximum Gasteiger partial charge on any atom is 0.472 e. The number of ether oxygens (including phenoxy) is 2. The average molecular weight is 1090 g/mol. The summed E-state index contributed by atoms with van der Waals surface area (Å²) in [5, 5.41) is 0. The van der Waals surface area contributed by atoms with Crippen LogP contribution >= 0.6 is 7.82 Å². The van der Waals surface area contributed by atoms with Crippen LogP contribution in [0.15, 0.2) is 36.5 Å². The molecule has 0 aromatic carbocycles. The van der Waals surface area contributed by atoms with Crippen molar-refractivity contribution < 1.29 is 42.1 Å². The highest BCUT2D eigenvalue weighted by Gasteiger charge is 2.27. The van der Waals surface area contributed by atoms with Crippen LogP contribution in [0.1, 0.15) is 322 Å². The number of hydrogen-bond acceptors (Lipinski definition) is 7. The van der Waals surface area contributed by atoms with Crippen molar-refractivity contribution in [2.24, 2.45) is 0 Å². The monoisotopic (exact) mass is 1090 g/mol. The maximum absolute atomic E-state index is 12.8. The second-order valence-electron chi connectivity index (χ2n) is 23.5. The number of hydrogen-bond donors (Lipinski definition) is 1. The number of rotatable bonds is 61. The van der Waals surface area contributed by atoms with Crippen LogP contribution in [0.4, 0.5) is 0 Å². The summed E-state index contributed by atoms with van der Waals surface area (Å²) in [5.41, 5.74) is 0. The predicted molar refractivity (Wildman–Crippen MR) is 326 cm³/mol. The minimum Gasteiger partial charge on any atom is -0.462 e. The number of allylic oxidation sites excluding steroid dienone is 6. The van der Waals surface area contributed by atoms with E-state index in [-0.39, 0.29) is 25.6 Å². The predicted octanol–water partition coefficient (Wildman–Crippen LogP) is 20.7. The van der Waals surface area contributed by atoms with E-state index in [0.717, 1.165) is 44.9 Å². The standard InChI is InChI=1S/C66H126NO8P/c1-6-8-10-12-14-16-18-20-22-24-26-27-28-29-30-31-32-33-34-35-36-37-38-39-41-43-45-47-49-51-53-55-57-59-66(69)75-64(63-74-76(70,71)73-61-60-67(3,4)5)62-72-65(68)58-56-54-52-50-48-46-44-42-40-25-23-21-19-17-15-13-11-9-7-2/h18,20,24,26,28-29,64H,6-17,19,21-23,25,27,30-63H2,1-5H3/p+1/b20-18-,26-24-,29-28-. The molecule has 0 heterocycles. The molecule has 0 rings (SSSR count). The lowest BCUT2D eigenvalue weighted by atomic mass is 10.0. The topological polar surface area (TPSA) is 108 Å². The van der Waals surface area contributed by atoms with Gasteiger partial charge in [-0.3, -0.25) is 18.6 Å². The Labute approximate surface area is 471 Å². The Morgan fingerprint density at radius 2 is 0.711 bits per heavy atom. The second-order valence-corrected chi connectivity index (χ2v) is 25.0. The van der Waals surface area contributed by atoms with Crippen LogP contribution in [0.5, 0.6) is 0 Å². The Balaban J connectivity index is 4.01. The smallest absolute Gasteiger partial charge is 0.462 e. The van der Waals surface area contributed by atoms with Gasteiger partial charge in [-0.05, 0) is 51.4 Å². The van der Waals surface area contributed by atoms with E-state index in [1.807, 2.05) is 21.1 Å². The molecular weight excluding hydrogens is 966 g/mol. The molecule has 0 aliphatic heterocycles. The van der Waals surface area contributed by atoms with Gasteiger partial charge in [0.2, 0.25) is 0 Å². The van der Waals surface area contributed by atoms with E-state index in [9.17, 15) is 19.0 Å². The average Bonchev–Trinajstić information content (AvgIpc) is 3.38. The Kier molecular flexibility index (Phi) is 56.6. The number of phosphoric acid groups is 1. The molecule has 0 aromatic heterocycles. The molecule has 0 saturated carbocycles. The number of phosphoric ester groups is 1. The van der Waals surface area contributed by atoms with Crippen LogP contribution in [0.25, 0.3) is 0 Å². The van der Waals surface area contributed by atoms with E-state index in [1.165, 1.54) is 244 Å². The molecule has 2 unspecified atom stereocenters. The van der Waals surface area contributed by atoms with Crippen molar-refractivity contribution in [3.8, 4) is 0 Å². The summed E-state index contributed by atoms with van der Waals surface area (Å²) >= 11 is 0. The Morgan fingerprint density at radius 3 is 1.05 bits per heavy atom. The fourth-order valence-electron chi connectivity index (χ4n) is 9.61. The number of unbranched alkanes of at least 4 members (excludes halogenated alkanes) is 41. The van der Waals surface area contributed by atoms with Gasteiger partial charge in [0.1, 0.15) is 19.8 Å². The van der Waals surface area contributed by atoms with E-state index < -0.39 is 26.5 Å². The molecule has 0 spiro atoms. The van der Waals surface area contributed by atoms with Gasteiger partial charge in [0.25, 0.3) is 0 Å². The molecule has 9 nitrogen and oxygen atoms in total. The fraction of sp³-hybridized carbons (Fsp3) is 0.879. The van der Waals surface area contributed by atoms with Crippen molar-refractivity contribution in [3.63, 3.8) is 0 Å². The van der Waals surface area contributed by atoms with Gasteiger partial charge in [-0.1, -0.05) is 294 Å². The second kappa shape index (κ2) is 57.9. The van der Waals surface area contributed by atoms with E-state index in [0.29, 0.717) is 23.9 Å². The summed E-state index contributed by atoms with van der Waals surface area (Å²) in [7, 11) is 1.50. The number of carbonyl (C=O) groups excluding carboxylic acids is 2. The van der Waals surface area contributed by atoms with Crippen LogP contribution in [0.3, 0.4) is 0 Å². The summed E-state index contributed by atoms with van der Waals surface area (Å²) in [6.45, 7) is 4.48. The van der Waals surface area contributed by atoms with Crippen LogP contribution in [0, 0.1) is 0 Å². The molecule has 0 aliphatic carbocycles. The zero-order valence-corrected chi connectivity index (χ0v) is 51.9. The number of esters is 2. The molecule has 0 radical (unpaired) electrons. The largest absolute Gasteiger partial charge is 0.472 e. The third kappa shape index (κ3) is 61.4. The molecule has 448 valence electrons. The fourth-order valence-corrected chi connectivity index (χ4v) is 10.4. The SMILES string of the molecule is CCCCCCC/C=C\C/C=C\C/C=C\CCCCCCCCCCCCCCCCCCCCC(=O)OC(COC(=O)CCCCCCCCCCCCCCCCCCCCC)COP(=O)(O)OCC[N+](C)(C)C. The highest BCUT2D eigenvalue weighted by atomic mass is 31.2. The van der Waals surface area contributed by atoms with Gasteiger partial charge < -0.3 is 18.9 Å². The molecule has 0 bridgehead atoms. The summed E-state index contributed by atoms with van der Waals surface area (Å²) in [6.07, 6.45) is 72.3. The van der Waals surface area contributed by atoms with Crippen LogP contribution in [-0.4, -0.2) is 74.9 Å². The summed E-state index contributed by atoms with van der Waals surface area (Å²) in [5.74, 6) is -0.778. The quantitative estimate of drug-likeness (QED) is 0.0211. The van der Waals surface area contributed by atoms with Gasteiger partial charge in [0.15, 0.2) is 6.10 Å². The first-order chi connectivity index (χ1) is 37.0. The first-order valence-corrected chi connectivity index (χ1v) is 34.2. The lowest BCUT2D eigenvalue weighted by molar-refractivity contribution is -0.870. The molecule has 0 aliphatic rings. The van der Waals surface area contributed by atoms with Crippen molar-refractivity contribution in [3.05, 3.63) is 36.5 Å². The molecule has 0 amide bonds. The third-order valence-corrected chi connectivity index (χ3v) is 15.7. The number of carbonyl (C=O) groups is 2. The Hall–Kier alpha value is -1.77. The molecule has 2 atom stereocenters. The molecule has 0 fully saturated rings. The van der Waals surface area contributed by atoms with Gasteiger partial charge in [-0.25, -0.2) is 4.57 Å². The highest BCUT2D eigenvalue weighted by molar-refractivity contribution is 7.47. The van der Waals surface area contributed by atoms with Gasteiger partial charge >= 0.3 is 19.8 Å². The number of quaternary nitrogens is 1. The summed E-state index contributed by atoms with van der Waals surface area (Å²) < 4.78 is 34.7. The number of likely N-dealkylation sites (N-methyl/N-ethyl adjacent to an activating group) is 1.